The van der Waals surface area contributed by atoms with E-state index in [-0.39, 0.29) is 6.10 Å². The molecule has 0 saturated carbocycles. The Bertz CT molecular complexity index is 406. The van der Waals surface area contributed by atoms with E-state index in [2.05, 4.69) is 10.3 Å². The van der Waals surface area contributed by atoms with Crippen LogP contribution in [0.1, 0.15) is 12.0 Å². The van der Waals surface area contributed by atoms with Crippen molar-refractivity contribution >= 4 is 40.4 Å². The topological polar surface area (TPSA) is 44.6 Å². The molecule has 0 fully saturated rings. The average Bonchev–Trinajstić information content (AvgIpc) is 2.57. The standard InChI is InChI=1S/C10H12Cl2N2OS/c11-8-3-6(10(12)16-8)1-2-9-13-4-7(15)5-14-9/h3,7,15H,1-2,4-5H2,(H,13,14). The van der Waals surface area contributed by atoms with Crippen LogP contribution in [0.4, 0.5) is 0 Å². The SMILES string of the molecule is OC1CN=C(CCc2cc(Cl)sc2Cl)NC1. The van der Waals surface area contributed by atoms with Gasteiger partial charge in [-0.3, -0.25) is 4.99 Å². The van der Waals surface area contributed by atoms with E-state index in [1.165, 1.54) is 11.3 Å². The summed E-state index contributed by atoms with van der Waals surface area (Å²) in [5.74, 6) is 0.934. The molecule has 0 spiro atoms. The van der Waals surface area contributed by atoms with E-state index in [4.69, 9.17) is 23.2 Å². The van der Waals surface area contributed by atoms with E-state index in [1.807, 2.05) is 6.07 Å². The van der Waals surface area contributed by atoms with Crippen LogP contribution >= 0.6 is 34.5 Å². The van der Waals surface area contributed by atoms with Crippen molar-refractivity contribution in [1.29, 1.82) is 0 Å². The van der Waals surface area contributed by atoms with Crippen molar-refractivity contribution in [3.8, 4) is 0 Å². The highest BCUT2D eigenvalue weighted by Crippen LogP contribution is 2.31. The summed E-state index contributed by atoms with van der Waals surface area (Å²) in [6, 6.07) is 1.90. The zero-order valence-electron chi connectivity index (χ0n) is 8.54. The highest BCUT2D eigenvalue weighted by Gasteiger charge is 2.13. The molecule has 2 rings (SSSR count). The van der Waals surface area contributed by atoms with Gasteiger partial charge in [0.2, 0.25) is 0 Å². The molecule has 0 bridgehead atoms. The summed E-state index contributed by atoms with van der Waals surface area (Å²) in [6.07, 6.45) is 1.27. The molecule has 2 heterocycles. The fourth-order valence-corrected chi connectivity index (χ4v) is 3.08. The first-order valence-electron chi connectivity index (χ1n) is 5.04. The maximum absolute atomic E-state index is 9.25. The van der Waals surface area contributed by atoms with Crippen LogP contribution in [0.15, 0.2) is 11.1 Å². The Morgan fingerprint density at radius 3 is 2.88 bits per heavy atom. The predicted molar refractivity (Wildman–Crippen MR) is 69.0 cm³/mol. The van der Waals surface area contributed by atoms with Crippen LogP contribution in [0.5, 0.6) is 0 Å². The molecule has 1 aromatic rings. The van der Waals surface area contributed by atoms with Crippen molar-refractivity contribution in [3.63, 3.8) is 0 Å². The Morgan fingerprint density at radius 2 is 2.31 bits per heavy atom. The molecule has 3 nitrogen and oxygen atoms in total. The van der Waals surface area contributed by atoms with Crippen LogP contribution < -0.4 is 5.32 Å². The van der Waals surface area contributed by atoms with Crippen molar-refractivity contribution in [2.24, 2.45) is 4.99 Å². The van der Waals surface area contributed by atoms with E-state index < -0.39 is 0 Å². The van der Waals surface area contributed by atoms with Gasteiger partial charge in [0.05, 0.1) is 27.2 Å². The molecule has 1 aromatic heterocycles. The van der Waals surface area contributed by atoms with Gasteiger partial charge in [0.25, 0.3) is 0 Å². The zero-order valence-corrected chi connectivity index (χ0v) is 10.9. The lowest BCUT2D eigenvalue weighted by molar-refractivity contribution is 0.181. The number of nitrogens with one attached hydrogen (secondary N) is 1. The molecule has 6 heteroatoms. The first-order valence-corrected chi connectivity index (χ1v) is 6.61. The predicted octanol–water partition coefficient (Wildman–Crippen LogP) is 2.35. The largest absolute Gasteiger partial charge is 0.389 e. The second-order valence-corrected chi connectivity index (χ2v) is 5.96. The van der Waals surface area contributed by atoms with Crippen LogP contribution in [0.25, 0.3) is 0 Å². The van der Waals surface area contributed by atoms with E-state index in [0.29, 0.717) is 17.4 Å². The summed E-state index contributed by atoms with van der Waals surface area (Å²) in [5, 5.41) is 12.3. The van der Waals surface area contributed by atoms with Crippen molar-refractivity contribution in [2.45, 2.75) is 18.9 Å². The number of aryl methyl sites for hydroxylation is 1. The van der Waals surface area contributed by atoms with Gasteiger partial charge >= 0.3 is 0 Å². The number of aliphatic imine (C=N–C) groups is 1. The van der Waals surface area contributed by atoms with Gasteiger partial charge in [0.1, 0.15) is 0 Å². The molecule has 0 amide bonds. The third-order valence-electron chi connectivity index (χ3n) is 2.39. The smallest absolute Gasteiger partial charge is 0.0976 e. The van der Waals surface area contributed by atoms with Crippen molar-refractivity contribution in [3.05, 3.63) is 20.3 Å². The minimum absolute atomic E-state index is 0.358. The minimum Gasteiger partial charge on any atom is -0.389 e. The molecule has 1 unspecified atom stereocenters. The maximum atomic E-state index is 9.25. The molecule has 0 aliphatic carbocycles. The summed E-state index contributed by atoms with van der Waals surface area (Å²) >= 11 is 13.3. The van der Waals surface area contributed by atoms with Crippen LogP contribution in [0.2, 0.25) is 8.67 Å². The van der Waals surface area contributed by atoms with Gasteiger partial charge in [-0.05, 0) is 18.1 Å². The number of aliphatic hydroxyl groups is 1. The third kappa shape index (κ3) is 3.10. The Balaban J connectivity index is 1.90. The summed E-state index contributed by atoms with van der Waals surface area (Å²) in [5.41, 5.74) is 1.06. The number of rotatable bonds is 3. The van der Waals surface area contributed by atoms with Gasteiger partial charge in [-0.2, -0.15) is 0 Å². The highest BCUT2D eigenvalue weighted by atomic mass is 35.5. The summed E-state index contributed by atoms with van der Waals surface area (Å²) < 4.78 is 1.47. The van der Waals surface area contributed by atoms with Crippen LogP contribution in [0, 0.1) is 0 Å². The van der Waals surface area contributed by atoms with Gasteiger partial charge in [-0.25, -0.2) is 0 Å². The van der Waals surface area contributed by atoms with Gasteiger partial charge in [0, 0.05) is 13.0 Å². The molecule has 1 aliphatic rings. The van der Waals surface area contributed by atoms with E-state index in [9.17, 15) is 5.11 Å². The Morgan fingerprint density at radius 1 is 1.50 bits per heavy atom. The number of β-amino-alcohol motifs (C(OH)–C–C–N with tert-alkyl or cyclic N) is 1. The molecular weight excluding hydrogens is 267 g/mol. The van der Waals surface area contributed by atoms with Gasteiger partial charge < -0.3 is 10.4 Å². The Labute approximate surface area is 108 Å². The van der Waals surface area contributed by atoms with Gasteiger partial charge in [0.15, 0.2) is 0 Å². The summed E-state index contributed by atoms with van der Waals surface area (Å²) in [4.78, 5) is 4.24. The lowest BCUT2D eigenvalue weighted by Crippen LogP contribution is -2.38. The molecule has 1 atom stereocenters. The number of nitrogens with zero attached hydrogens (tertiary/aromatic N) is 1. The second-order valence-electron chi connectivity index (χ2n) is 3.67. The van der Waals surface area contributed by atoms with Crippen molar-refractivity contribution < 1.29 is 5.11 Å². The quantitative estimate of drug-likeness (QED) is 0.892. The van der Waals surface area contributed by atoms with Crippen molar-refractivity contribution in [2.75, 3.05) is 13.1 Å². The number of hydrogen-bond donors (Lipinski definition) is 2. The molecule has 16 heavy (non-hydrogen) atoms. The monoisotopic (exact) mass is 278 g/mol. The first-order chi connectivity index (χ1) is 7.65. The summed E-state index contributed by atoms with van der Waals surface area (Å²) in [6.45, 7) is 1.07. The number of amidine groups is 1. The molecule has 0 saturated heterocycles. The highest BCUT2D eigenvalue weighted by molar-refractivity contribution is 7.20. The van der Waals surface area contributed by atoms with Crippen molar-refractivity contribution in [1.82, 2.24) is 5.32 Å². The van der Waals surface area contributed by atoms with Gasteiger partial charge in [-0.15, -0.1) is 11.3 Å². The number of aliphatic hydroxyl groups excluding tert-OH is 1. The fourth-order valence-electron chi connectivity index (χ4n) is 1.54. The molecule has 2 N–H and O–H groups in total. The summed E-state index contributed by atoms with van der Waals surface area (Å²) in [7, 11) is 0. The number of halogens is 2. The van der Waals surface area contributed by atoms with E-state index >= 15 is 0 Å². The molecule has 0 aromatic carbocycles. The number of hydrogen-bond acceptors (Lipinski definition) is 4. The second kappa shape index (κ2) is 5.36. The van der Waals surface area contributed by atoms with E-state index in [1.54, 1.807) is 0 Å². The average molecular weight is 279 g/mol. The van der Waals surface area contributed by atoms with Gasteiger partial charge in [-0.1, -0.05) is 23.2 Å². The zero-order chi connectivity index (χ0) is 11.5. The number of thiophene rings is 1. The molecular formula is C10H12Cl2N2OS. The van der Waals surface area contributed by atoms with Crippen LogP contribution in [-0.2, 0) is 6.42 Å². The minimum atomic E-state index is -0.358. The lowest BCUT2D eigenvalue weighted by atomic mass is 10.1. The molecule has 1 aliphatic heterocycles. The third-order valence-corrected chi connectivity index (χ3v) is 3.96. The normalized spacial score (nSPS) is 20.4. The van der Waals surface area contributed by atoms with Crippen LogP contribution in [-0.4, -0.2) is 30.1 Å². The van der Waals surface area contributed by atoms with E-state index in [0.717, 1.165) is 28.6 Å². The molecule has 0 radical (unpaired) electrons. The Kier molecular flexibility index (Phi) is 4.08. The lowest BCUT2D eigenvalue weighted by Gasteiger charge is -2.18. The van der Waals surface area contributed by atoms with Crippen LogP contribution in [0.3, 0.4) is 0 Å². The maximum Gasteiger partial charge on any atom is 0.0976 e. The first kappa shape index (κ1) is 12.2. The Hall–Kier alpha value is -0.290. The fraction of sp³-hybridized carbons (Fsp3) is 0.500. The molecule has 88 valence electrons.